The van der Waals surface area contributed by atoms with Gasteiger partial charge in [-0.2, -0.15) is 26.3 Å². The van der Waals surface area contributed by atoms with E-state index in [2.05, 4.69) is 10.3 Å². The number of nitrogens with zero attached hydrogens (tertiary/aromatic N) is 2. The van der Waals surface area contributed by atoms with Crippen molar-refractivity contribution in [2.24, 2.45) is 0 Å². The highest BCUT2D eigenvalue weighted by Gasteiger charge is 2.40. The lowest BCUT2D eigenvalue weighted by molar-refractivity contribution is -0.193. The number of ether oxygens (including phenoxy) is 1. The van der Waals surface area contributed by atoms with Gasteiger partial charge in [0.1, 0.15) is 0 Å². The molecule has 2 aliphatic heterocycles. The topological polar surface area (TPSA) is 129 Å². The molecule has 3 heterocycles. The van der Waals surface area contributed by atoms with Gasteiger partial charge in [0.15, 0.2) is 0 Å². The molecule has 3 rings (SSSR count). The lowest BCUT2D eigenvalue weighted by Gasteiger charge is -2.45. The van der Waals surface area contributed by atoms with Crippen molar-refractivity contribution >= 4 is 17.8 Å². The molecule has 0 aliphatic carbocycles. The molecule has 186 valence electrons. The maximum Gasteiger partial charge on any atom is 0.490 e. The Bertz CT molecular complexity index is 768. The number of aliphatic carboxylic acids is 2. The van der Waals surface area contributed by atoms with Crippen LogP contribution in [0.1, 0.15) is 23.2 Å². The standard InChI is InChI=1S/C14H19N3O2.2C2HF3O2/c18-13(12-2-1-5-16-10-12)17-8-9-19-14(11-17)3-6-15-7-4-14;2*3-2(4,5)1(6)7/h1-2,5,10,15H,3-4,6-9,11H2;2*(H,6,7). The minimum atomic E-state index is -5.08. The first-order valence-corrected chi connectivity index (χ1v) is 9.32. The fraction of sp³-hybridized carbons (Fsp3) is 0.556. The van der Waals surface area contributed by atoms with Crippen molar-refractivity contribution < 1.29 is 55.7 Å². The maximum atomic E-state index is 12.4. The van der Waals surface area contributed by atoms with Gasteiger partial charge in [-0.1, -0.05) is 0 Å². The lowest BCUT2D eigenvalue weighted by atomic mass is 9.90. The van der Waals surface area contributed by atoms with Crippen molar-refractivity contribution in [1.82, 2.24) is 15.2 Å². The number of halogens is 6. The summed E-state index contributed by atoms with van der Waals surface area (Å²) in [7, 11) is 0. The molecule has 1 aromatic rings. The second kappa shape index (κ2) is 11.8. The van der Waals surface area contributed by atoms with E-state index in [4.69, 9.17) is 24.5 Å². The van der Waals surface area contributed by atoms with Gasteiger partial charge >= 0.3 is 24.3 Å². The van der Waals surface area contributed by atoms with Gasteiger partial charge in [-0.3, -0.25) is 9.78 Å². The molecule has 1 aromatic heterocycles. The number of nitrogens with one attached hydrogen (secondary N) is 1. The number of hydrogen-bond donors (Lipinski definition) is 3. The van der Waals surface area contributed by atoms with Crippen LogP contribution in [0.2, 0.25) is 0 Å². The number of rotatable bonds is 1. The molecule has 15 heteroatoms. The predicted octanol–water partition coefficient (Wildman–Crippen LogP) is 1.94. The molecule has 33 heavy (non-hydrogen) atoms. The van der Waals surface area contributed by atoms with Gasteiger partial charge in [0.2, 0.25) is 0 Å². The smallest absolute Gasteiger partial charge is 0.475 e. The lowest BCUT2D eigenvalue weighted by Crippen LogP contribution is -2.57. The molecule has 0 saturated carbocycles. The Labute approximate surface area is 183 Å². The van der Waals surface area contributed by atoms with Gasteiger partial charge in [-0.15, -0.1) is 0 Å². The number of carbonyl (C=O) groups is 3. The summed E-state index contributed by atoms with van der Waals surface area (Å²) in [5, 5.41) is 17.6. The minimum absolute atomic E-state index is 0.0642. The molecule has 0 bridgehead atoms. The molecule has 0 radical (unpaired) electrons. The third-order valence-electron chi connectivity index (χ3n) is 4.44. The zero-order chi connectivity index (χ0) is 25.3. The number of carboxylic acid groups (broad SMARTS) is 2. The average molecular weight is 489 g/mol. The Balaban J connectivity index is 0.000000324. The summed E-state index contributed by atoms with van der Waals surface area (Å²) in [5.41, 5.74) is 0.523. The van der Waals surface area contributed by atoms with Gasteiger partial charge < -0.3 is 25.2 Å². The molecule has 1 amide bonds. The Morgan fingerprint density at radius 3 is 1.97 bits per heavy atom. The van der Waals surface area contributed by atoms with E-state index in [1.807, 2.05) is 11.0 Å². The van der Waals surface area contributed by atoms with Crippen LogP contribution < -0.4 is 5.32 Å². The molecule has 0 aromatic carbocycles. The SMILES string of the molecule is O=C(O)C(F)(F)F.O=C(O)C(F)(F)F.O=C(c1cccnc1)N1CCOC2(CCNCC2)C1. The van der Waals surface area contributed by atoms with Crippen LogP contribution in [0.5, 0.6) is 0 Å². The fourth-order valence-electron chi connectivity index (χ4n) is 2.87. The molecule has 9 nitrogen and oxygen atoms in total. The Morgan fingerprint density at radius 1 is 1.03 bits per heavy atom. The summed E-state index contributed by atoms with van der Waals surface area (Å²) in [6.45, 7) is 3.93. The average Bonchev–Trinajstić information content (AvgIpc) is 2.74. The van der Waals surface area contributed by atoms with Crippen molar-refractivity contribution in [1.29, 1.82) is 0 Å². The molecule has 1 spiro atoms. The third-order valence-corrected chi connectivity index (χ3v) is 4.44. The summed E-state index contributed by atoms with van der Waals surface area (Å²) in [6, 6.07) is 3.62. The molecule has 0 atom stereocenters. The van der Waals surface area contributed by atoms with Crippen LogP contribution in [0, 0.1) is 0 Å². The summed E-state index contributed by atoms with van der Waals surface area (Å²) in [6.07, 6.45) is -4.90. The first-order valence-electron chi connectivity index (χ1n) is 9.32. The van der Waals surface area contributed by atoms with E-state index in [-0.39, 0.29) is 11.5 Å². The van der Waals surface area contributed by atoms with Crippen LogP contribution in [0.4, 0.5) is 26.3 Å². The van der Waals surface area contributed by atoms with Crippen LogP contribution in [0.3, 0.4) is 0 Å². The summed E-state index contributed by atoms with van der Waals surface area (Å²) in [4.78, 5) is 36.2. The maximum absolute atomic E-state index is 12.4. The van der Waals surface area contributed by atoms with Crippen LogP contribution >= 0.6 is 0 Å². The largest absolute Gasteiger partial charge is 0.490 e. The van der Waals surface area contributed by atoms with E-state index in [0.29, 0.717) is 25.3 Å². The van der Waals surface area contributed by atoms with Gasteiger partial charge in [-0.05, 0) is 38.1 Å². The second-order valence-corrected chi connectivity index (χ2v) is 6.86. The highest BCUT2D eigenvalue weighted by Crippen LogP contribution is 2.28. The fourth-order valence-corrected chi connectivity index (χ4v) is 2.87. The minimum Gasteiger partial charge on any atom is -0.475 e. The highest BCUT2D eigenvalue weighted by molar-refractivity contribution is 5.94. The monoisotopic (exact) mass is 489 g/mol. The first kappa shape index (κ1) is 28.1. The normalized spacial score (nSPS) is 17.7. The Morgan fingerprint density at radius 2 is 1.55 bits per heavy atom. The van der Waals surface area contributed by atoms with Gasteiger partial charge in [0, 0.05) is 18.9 Å². The molecular weight excluding hydrogens is 468 g/mol. The number of hydrogen-bond acceptors (Lipinski definition) is 6. The summed E-state index contributed by atoms with van der Waals surface area (Å²) >= 11 is 0. The van der Waals surface area contributed by atoms with Gasteiger partial charge in [0.05, 0.1) is 24.3 Å². The number of carbonyl (C=O) groups excluding carboxylic acids is 1. The molecule has 2 fully saturated rings. The zero-order valence-corrected chi connectivity index (χ0v) is 16.9. The molecule has 3 N–H and O–H groups in total. The number of alkyl halides is 6. The van der Waals surface area contributed by atoms with Crippen molar-refractivity contribution in [3.05, 3.63) is 30.1 Å². The molecule has 2 aliphatic rings. The highest BCUT2D eigenvalue weighted by atomic mass is 19.4. The molecule has 0 unspecified atom stereocenters. The van der Waals surface area contributed by atoms with Gasteiger partial charge in [0.25, 0.3) is 5.91 Å². The zero-order valence-electron chi connectivity index (χ0n) is 16.9. The number of carboxylic acids is 2. The van der Waals surface area contributed by atoms with Crippen LogP contribution in [-0.4, -0.2) is 88.7 Å². The Kier molecular flexibility index (Phi) is 10.0. The van der Waals surface area contributed by atoms with Crippen LogP contribution in [-0.2, 0) is 14.3 Å². The number of piperidine rings is 1. The summed E-state index contributed by atoms with van der Waals surface area (Å²) in [5.74, 6) is -5.45. The van der Waals surface area contributed by atoms with E-state index in [0.717, 1.165) is 25.9 Å². The summed E-state index contributed by atoms with van der Waals surface area (Å²) < 4.78 is 69.4. The van der Waals surface area contributed by atoms with Crippen molar-refractivity contribution in [2.45, 2.75) is 30.8 Å². The number of aromatic nitrogens is 1. The van der Waals surface area contributed by atoms with Crippen LogP contribution in [0.25, 0.3) is 0 Å². The molecular formula is C18H21F6N3O6. The van der Waals surface area contributed by atoms with E-state index in [1.54, 1.807) is 18.5 Å². The van der Waals surface area contributed by atoms with E-state index in [9.17, 15) is 31.1 Å². The van der Waals surface area contributed by atoms with E-state index < -0.39 is 24.3 Å². The predicted molar refractivity (Wildman–Crippen MR) is 98.3 cm³/mol. The van der Waals surface area contributed by atoms with Crippen molar-refractivity contribution in [3.63, 3.8) is 0 Å². The first-order chi connectivity index (χ1) is 15.2. The van der Waals surface area contributed by atoms with E-state index >= 15 is 0 Å². The second-order valence-electron chi connectivity index (χ2n) is 6.86. The Hall–Kier alpha value is -2.94. The quantitative estimate of drug-likeness (QED) is 0.511. The van der Waals surface area contributed by atoms with E-state index in [1.165, 1.54) is 0 Å². The molecule has 2 saturated heterocycles. The van der Waals surface area contributed by atoms with Crippen molar-refractivity contribution in [3.8, 4) is 0 Å². The van der Waals surface area contributed by atoms with Gasteiger partial charge in [-0.25, -0.2) is 9.59 Å². The number of pyridine rings is 1. The number of amides is 1. The third kappa shape index (κ3) is 9.61. The van der Waals surface area contributed by atoms with Crippen LogP contribution in [0.15, 0.2) is 24.5 Å². The number of morpholine rings is 1. The van der Waals surface area contributed by atoms with Crippen molar-refractivity contribution in [2.75, 3.05) is 32.8 Å².